The largest absolute Gasteiger partial charge is 0.305 e. The minimum absolute atomic E-state index is 0.334. The minimum atomic E-state index is 0.334. The Kier molecular flexibility index (Phi) is 4.15. The summed E-state index contributed by atoms with van der Waals surface area (Å²) in [6.45, 7) is 9.44. The van der Waals surface area contributed by atoms with Gasteiger partial charge in [0.2, 0.25) is 0 Å². The second-order valence-electron chi connectivity index (χ2n) is 4.76. The highest BCUT2D eigenvalue weighted by Gasteiger charge is 2.12. The molecule has 1 atom stereocenters. The van der Waals surface area contributed by atoms with Crippen molar-refractivity contribution in [2.24, 2.45) is 0 Å². The first kappa shape index (κ1) is 13.2. The molecule has 18 heavy (non-hydrogen) atoms. The molecule has 1 N–H and O–H groups in total. The van der Waals surface area contributed by atoms with Crippen LogP contribution in [-0.4, -0.2) is 4.98 Å². The van der Waals surface area contributed by atoms with E-state index < -0.39 is 0 Å². The van der Waals surface area contributed by atoms with E-state index in [9.17, 15) is 0 Å². The van der Waals surface area contributed by atoms with E-state index in [-0.39, 0.29) is 0 Å². The lowest BCUT2D eigenvalue weighted by molar-refractivity contribution is 0.570. The van der Waals surface area contributed by atoms with Gasteiger partial charge in [-0.3, -0.25) is 4.98 Å². The summed E-state index contributed by atoms with van der Waals surface area (Å²) in [6, 6.07) is 6.75. The van der Waals surface area contributed by atoms with Gasteiger partial charge in [-0.1, -0.05) is 6.07 Å². The second-order valence-corrected chi connectivity index (χ2v) is 5.79. The fourth-order valence-corrected chi connectivity index (χ4v) is 3.11. The Labute approximate surface area is 113 Å². The van der Waals surface area contributed by atoms with Crippen LogP contribution in [0.15, 0.2) is 23.6 Å². The van der Waals surface area contributed by atoms with Gasteiger partial charge in [-0.05, 0) is 56.3 Å². The highest BCUT2D eigenvalue weighted by atomic mass is 32.1. The third kappa shape index (κ3) is 2.98. The maximum absolute atomic E-state index is 4.56. The molecule has 96 valence electrons. The van der Waals surface area contributed by atoms with E-state index in [0.717, 1.165) is 17.9 Å². The fourth-order valence-electron chi connectivity index (χ4n) is 2.46. The van der Waals surface area contributed by atoms with E-state index >= 15 is 0 Å². The van der Waals surface area contributed by atoms with Crippen molar-refractivity contribution in [1.29, 1.82) is 0 Å². The lowest BCUT2D eigenvalue weighted by Crippen LogP contribution is -2.20. The molecule has 0 aromatic carbocycles. The van der Waals surface area contributed by atoms with Gasteiger partial charge in [0.25, 0.3) is 0 Å². The number of aryl methyl sites for hydroxylation is 3. The summed E-state index contributed by atoms with van der Waals surface area (Å²) in [7, 11) is 0. The van der Waals surface area contributed by atoms with Crippen molar-refractivity contribution < 1.29 is 0 Å². The highest BCUT2D eigenvalue weighted by molar-refractivity contribution is 7.09. The van der Waals surface area contributed by atoms with Crippen LogP contribution in [0.2, 0.25) is 0 Å². The van der Waals surface area contributed by atoms with Crippen LogP contribution in [0.5, 0.6) is 0 Å². The number of nitrogens with one attached hydrogen (secondary N) is 1. The minimum Gasteiger partial charge on any atom is -0.305 e. The molecule has 2 rings (SSSR count). The number of thiophene rings is 1. The Bertz CT molecular complexity index is 494. The van der Waals surface area contributed by atoms with Crippen molar-refractivity contribution in [3.63, 3.8) is 0 Å². The van der Waals surface area contributed by atoms with Crippen LogP contribution in [0.4, 0.5) is 0 Å². The van der Waals surface area contributed by atoms with E-state index in [4.69, 9.17) is 0 Å². The van der Waals surface area contributed by atoms with Gasteiger partial charge in [0.1, 0.15) is 0 Å². The molecule has 0 saturated heterocycles. The summed E-state index contributed by atoms with van der Waals surface area (Å²) in [5.41, 5.74) is 4.89. The van der Waals surface area contributed by atoms with Gasteiger partial charge in [-0.2, -0.15) is 0 Å². The van der Waals surface area contributed by atoms with Crippen LogP contribution in [0.3, 0.4) is 0 Å². The van der Waals surface area contributed by atoms with Crippen LogP contribution in [0, 0.1) is 20.8 Å². The first-order chi connectivity index (χ1) is 8.58. The van der Waals surface area contributed by atoms with Gasteiger partial charge in [-0.15, -0.1) is 11.3 Å². The van der Waals surface area contributed by atoms with Crippen molar-refractivity contribution in [1.82, 2.24) is 10.3 Å². The molecule has 0 aliphatic heterocycles. The molecule has 0 radical (unpaired) electrons. The summed E-state index contributed by atoms with van der Waals surface area (Å²) in [6.07, 6.45) is 0. The lowest BCUT2D eigenvalue weighted by atomic mass is 10.0. The number of nitrogens with zero attached hydrogens (tertiary/aromatic N) is 1. The molecule has 0 amide bonds. The number of aromatic nitrogens is 1. The Morgan fingerprint density at radius 2 is 2.11 bits per heavy atom. The van der Waals surface area contributed by atoms with Crippen molar-refractivity contribution >= 4 is 11.3 Å². The molecule has 3 heteroatoms. The number of rotatable bonds is 4. The van der Waals surface area contributed by atoms with E-state index in [2.05, 4.69) is 54.7 Å². The summed E-state index contributed by atoms with van der Waals surface area (Å²) in [5, 5.41) is 5.69. The number of hydrogen-bond acceptors (Lipinski definition) is 3. The summed E-state index contributed by atoms with van der Waals surface area (Å²) in [4.78, 5) is 5.94. The molecular weight excluding hydrogens is 240 g/mol. The molecule has 0 aliphatic carbocycles. The summed E-state index contributed by atoms with van der Waals surface area (Å²) < 4.78 is 0. The fraction of sp³-hybridized carbons (Fsp3) is 0.400. The molecule has 2 heterocycles. The number of pyridine rings is 1. The van der Waals surface area contributed by atoms with E-state index in [1.165, 1.54) is 16.0 Å². The van der Waals surface area contributed by atoms with Gasteiger partial charge in [-0.25, -0.2) is 0 Å². The highest BCUT2D eigenvalue weighted by Crippen LogP contribution is 2.22. The van der Waals surface area contributed by atoms with Crippen LogP contribution < -0.4 is 5.32 Å². The first-order valence-corrected chi connectivity index (χ1v) is 7.16. The zero-order valence-corrected chi connectivity index (χ0v) is 12.3. The van der Waals surface area contributed by atoms with Crippen LogP contribution in [-0.2, 0) is 6.54 Å². The molecule has 2 aromatic rings. The molecule has 1 unspecified atom stereocenters. The van der Waals surface area contributed by atoms with E-state index in [1.54, 1.807) is 11.3 Å². The predicted octanol–water partition coefficient (Wildman–Crippen LogP) is 3.92. The lowest BCUT2D eigenvalue weighted by Gasteiger charge is -2.18. The monoisotopic (exact) mass is 260 g/mol. The Balaban J connectivity index is 2.11. The molecule has 0 saturated carbocycles. The van der Waals surface area contributed by atoms with Crippen LogP contribution in [0.1, 0.15) is 40.4 Å². The van der Waals surface area contributed by atoms with Crippen molar-refractivity contribution in [3.8, 4) is 0 Å². The normalized spacial score (nSPS) is 12.7. The third-order valence-electron chi connectivity index (χ3n) is 3.18. The Hall–Kier alpha value is -1.19. The number of hydrogen-bond donors (Lipinski definition) is 1. The van der Waals surface area contributed by atoms with Gasteiger partial charge in [0.05, 0.1) is 0 Å². The Morgan fingerprint density at radius 1 is 1.33 bits per heavy atom. The Morgan fingerprint density at radius 3 is 2.72 bits per heavy atom. The van der Waals surface area contributed by atoms with Crippen LogP contribution in [0.25, 0.3) is 0 Å². The van der Waals surface area contributed by atoms with Crippen molar-refractivity contribution in [2.45, 2.75) is 40.3 Å². The topological polar surface area (TPSA) is 24.9 Å². The van der Waals surface area contributed by atoms with Gasteiger partial charge >= 0.3 is 0 Å². The van der Waals surface area contributed by atoms with Gasteiger partial charge in [0, 0.05) is 28.9 Å². The quantitative estimate of drug-likeness (QED) is 0.901. The molecular formula is C15H20N2S. The third-order valence-corrected chi connectivity index (χ3v) is 4.06. The molecule has 0 bridgehead atoms. The first-order valence-electron chi connectivity index (χ1n) is 6.28. The standard InChI is InChI=1S/C15H20N2S/c1-10-8-11(2)17-13(4)15(10)12(3)16-9-14-6-5-7-18-14/h5-8,12,16H,9H2,1-4H3. The van der Waals surface area contributed by atoms with E-state index in [1.807, 2.05) is 6.92 Å². The SMILES string of the molecule is Cc1cc(C)c(C(C)NCc2cccs2)c(C)n1. The van der Waals surface area contributed by atoms with Crippen LogP contribution >= 0.6 is 11.3 Å². The second kappa shape index (κ2) is 5.63. The molecule has 2 nitrogen and oxygen atoms in total. The molecule has 2 aromatic heterocycles. The smallest absolute Gasteiger partial charge is 0.0426 e. The predicted molar refractivity (Wildman–Crippen MR) is 78.0 cm³/mol. The van der Waals surface area contributed by atoms with Gasteiger partial charge < -0.3 is 5.32 Å². The van der Waals surface area contributed by atoms with Crippen molar-refractivity contribution in [3.05, 3.63) is 51.0 Å². The summed E-state index contributed by atoms with van der Waals surface area (Å²) >= 11 is 1.79. The van der Waals surface area contributed by atoms with E-state index in [0.29, 0.717) is 6.04 Å². The molecule has 0 fully saturated rings. The average molecular weight is 260 g/mol. The van der Waals surface area contributed by atoms with Gasteiger partial charge in [0.15, 0.2) is 0 Å². The van der Waals surface area contributed by atoms with Crippen molar-refractivity contribution in [2.75, 3.05) is 0 Å². The molecule has 0 aliphatic rings. The maximum atomic E-state index is 4.56. The maximum Gasteiger partial charge on any atom is 0.0426 e. The summed E-state index contributed by atoms with van der Waals surface area (Å²) in [5.74, 6) is 0. The average Bonchev–Trinajstić information content (AvgIpc) is 2.77. The zero-order valence-electron chi connectivity index (χ0n) is 11.4. The molecule has 0 spiro atoms. The zero-order chi connectivity index (χ0) is 13.1.